The lowest BCUT2D eigenvalue weighted by atomic mass is 9.70. The van der Waals surface area contributed by atoms with Crippen LogP contribution in [0.25, 0.3) is 5.52 Å². The third-order valence-corrected chi connectivity index (χ3v) is 7.28. The smallest absolute Gasteiger partial charge is 0.381 e. The summed E-state index contributed by atoms with van der Waals surface area (Å²) in [4.78, 5) is 15.3. The summed E-state index contributed by atoms with van der Waals surface area (Å²) < 4.78 is 48.5. The molecule has 0 radical (unpaired) electrons. The molecule has 4 heterocycles. The van der Waals surface area contributed by atoms with Gasteiger partial charge in [-0.15, -0.1) is 0 Å². The van der Waals surface area contributed by atoms with Gasteiger partial charge in [-0.2, -0.15) is 13.2 Å². The van der Waals surface area contributed by atoms with Gasteiger partial charge in [0.2, 0.25) is 0 Å². The first-order chi connectivity index (χ1) is 14.8. The van der Waals surface area contributed by atoms with Gasteiger partial charge in [0.15, 0.2) is 0 Å². The Morgan fingerprint density at radius 2 is 2.03 bits per heavy atom. The van der Waals surface area contributed by atoms with Crippen molar-refractivity contribution in [3.8, 4) is 0 Å². The Kier molecular flexibility index (Phi) is 5.36. The SMILES string of the molecule is CN1CNNC1C(C1COC1)C1CCCC(n2cc3c(C(F)(F)F)cccn3c2=O)C1. The fraction of sp³-hybridized carbons (Fsp3) is 0.667. The molecule has 0 aromatic carbocycles. The molecule has 3 aliphatic rings. The van der Waals surface area contributed by atoms with E-state index in [1.165, 1.54) is 23.0 Å². The van der Waals surface area contributed by atoms with Crippen LogP contribution in [0.2, 0.25) is 0 Å². The zero-order valence-corrected chi connectivity index (χ0v) is 17.4. The van der Waals surface area contributed by atoms with Gasteiger partial charge in [0.25, 0.3) is 0 Å². The summed E-state index contributed by atoms with van der Waals surface area (Å²) in [7, 11) is 2.08. The van der Waals surface area contributed by atoms with Crippen molar-refractivity contribution in [3.05, 3.63) is 40.6 Å². The van der Waals surface area contributed by atoms with Crippen molar-refractivity contribution in [1.29, 1.82) is 0 Å². The Labute approximate surface area is 178 Å². The van der Waals surface area contributed by atoms with E-state index in [0.717, 1.165) is 56.0 Å². The van der Waals surface area contributed by atoms with E-state index in [0.29, 0.717) is 17.8 Å². The van der Waals surface area contributed by atoms with Crippen LogP contribution in [-0.4, -0.2) is 47.0 Å². The standard InChI is InChI=1S/C21H28F3N5O2/c1-27-12-25-26-19(27)18(14-10-31-11-14)13-4-2-5-15(8-13)29-9-17-16(21(22,23)24)6-3-7-28(17)20(29)30/h3,6-7,9,13-15,18-19,25-26H,2,4-5,8,10-12H2,1H3. The molecule has 1 aliphatic carbocycles. The summed E-state index contributed by atoms with van der Waals surface area (Å²) in [6.07, 6.45) is 2.09. The summed E-state index contributed by atoms with van der Waals surface area (Å²) in [6.45, 7) is 2.24. The van der Waals surface area contributed by atoms with E-state index in [2.05, 4.69) is 22.8 Å². The molecule has 4 atom stereocenters. The van der Waals surface area contributed by atoms with Crippen LogP contribution >= 0.6 is 0 Å². The second kappa shape index (κ2) is 7.91. The second-order valence-corrected chi connectivity index (χ2v) is 9.13. The van der Waals surface area contributed by atoms with Gasteiger partial charge in [-0.05, 0) is 50.3 Å². The van der Waals surface area contributed by atoms with Crippen molar-refractivity contribution in [2.75, 3.05) is 26.9 Å². The molecule has 3 fully saturated rings. The van der Waals surface area contributed by atoms with Gasteiger partial charge in [-0.3, -0.25) is 13.9 Å². The predicted octanol–water partition coefficient (Wildman–Crippen LogP) is 2.44. The van der Waals surface area contributed by atoms with Crippen LogP contribution in [0.15, 0.2) is 29.3 Å². The number of hydrogen-bond donors (Lipinski definition) is 2. The number of hydrogen-bond acceptors (Lipinski definition) is 5. The third kappa shape index (κ3) is 3.69. The van der Waals surface area contributed by atoms with E-state index in [4.69, 9.17) is 4.74 Å². The normalized spacial score (nSPS) is 29.4. The Hall–Kier alpha value is -1.88. The minimum atomic E-state index is -4.50. The molecule has 0 spiro atoms. The zero-order chi connectivity index (χ0) is 21.8. The van der Waals surface area contributed by atoms with Crippen molar-refractivity contribution in [3.63, 3.8) is 0 Å². The topological polar surface area (TPSA) is 62.9 Å². The average Bonchev–Trinajstić information content (AvgIpc) is 3.27. The highest BCUT2D eigenvalue weighted by Gasteiger charge is 2.44. The van der Waals surface area contributed by atoms with Gasteiger partial charge in [0.1, 0.15) is 0 Å². The minimum Gasteiger partial charge on any atom is -0.381 e. The van der Waals surface area contributed by atoms with Gasteiger partial charge in [0.05, 0.1) is 37.1 Å². The summed E-state index contributed by atoms with van der Waals surface area (Å²) in [5.74, 6) is 1.17. The van der Waals surface area contributed by atoms with E-state index < -0.39 is 17.4 Å². The number of pyridine rings is 1. The van der Waals surface area contributed by atoms with Gasteiger partial charge < -0.3 is 4.74 Å². The Balaban J connectivity index is 1.46. The number of halogens is 3. The van der Waals surface area contributed by atoms with E-state index >= 15 is 0 Å². The Morgan fingerprint density at radius 3 is 2.68 bits per heavy atom. The van der Waals surface area contributed by atoms with Crippen molar-refractivity contribution >= 4 is 5.52 Å². The molecule has 1 saturated carbocycles. The van der Waals surface area contributed by atoms with Gasteiger partial charge in [-0.25, -0.2) is 15.6 Å². The Bertz CT molecular complexity index is 999. The fourth-order valence-corrected chi connectivity index (χ4v) is 5.69. The molecule has 2 saturated heterocycles. The molecule has 2 aliphatic heterocycles. The lowest BCUT2D eigenvalue weighted by molar-refractivity contribution is -0.136. The first-order valence-electron chi connectivity index (χ1n) is 10.9. The van der Waals surface area contributed by atoms with E-state index in [1.807, 2.05) is 0 Å². The molecule has 7 nitrogen and oxygen atoms in total. The van der Waals surface area contributed by atoms with Crippen LogP contribution in [0.4, 0.5) is 13.2 Å². The van der Waals surface area contributed by atoms with Gasteiger partial charge in [0, 0.05) is 24.4 Å². The molecular formula is C21H28F3N5O2. The highest BCUT2D eigenvalue weighted by Crippen LogP contribution is 2.43. The molecular weight excluding hydrogens is 411 g/mol. The summed E-state index contributed by atoms with van der Waals surface area (Å²) >= 11 is 0. The number of hydrazine groups is 1. The first kappa shape index (κ1) is 21.0. The van der Waals surface area contributed by atoms with Crippen molar-refractivity contribution in [2.45, 2.75) is 44.1 Å². The monoisotopic (exact) mass is 439 g/mol. The number of imidazole rings is 1. The van der Waals surface area contributed by atoms with Crippen molar-refractivity contribution < 1.29 is 17.9 Å². The molecule has 2 N–H and O–H groups in total. The highest BCUT2D eigenvalue weighted by molar-refractivity contribution is 5.55. The lowest BCUT2D eigenvalue weighted by Crippen LogP contribution is -2.53. The number of nitrogens with one attached hydrogen (secondary N) is 2. The minimum absolute atomic E-state index is 0.0764. The number of ether oxygens (including phenoxy) is 1. The number of rotatable bonds is 4. The Morgan fingerprint density at radius 1 is 1.23 bits per heavy atom. The largest absolute Gasteiger partial charge is 0.418 e. The first-order valence-corrected chi connectivity index (χ1v) is 10.9. The molecule has 4 unspecified atom stereocenters. The summed E-state index contributed by atoms with van der Waals surface area (Å²) in [5, 5.41) is 0. The average molecular weight is 439 g/mol. The maximum atomic E-state index is 13.5. The van der Waals surface area contributed by atoms with E-state index in [1.54, 1.807) is 0 Å². The number of fused-ring (bicyclic) bond motifs is 1. The molecule has 0 amide bonds. The van der Waals surface area contributed by atoms with Crippen molar-refractivity contribution in [2.24, 2.45) is 17.8 Å². The molecule has 31 heavy (non-hydrogen) atoms. The van der Waals surface area contributed by atoms with Crippen LogP contribution < -0.4 is 16.5 Å². The third-order valence-electron chi connectivity index (χ3n) is 7.28. The highest BCUT2D eigenvalue weighted by atomic mass is 19.4. The molecule has 5 rings (SSSR count). The van der Waals surface area contributed by atoms with Crippen LogP contribution in [0.1, 0.15) is 37.3 Å². The van der Waals surface area contributed by atoms with Gasteiger partial charge >= 0.3 is 11.9 Å². The molecule has 10 heteroatoms. The second-order valence-electron chi connectivity index (χ2n) is 9.13. The van der Waals surface area contributed by atoms with Crippen molar-refractivity contribution in [1.82, 2.24) is 24.7 Å². The molecule has 2 aromatic rings. The molecule has 170 valence electrons. The summed E-state index contributed by atoms with van der Waals surface area (Å²) in [5.41, 5.74) is 5.35. The van der Waals surface area contributed by atoms with Crippen LogP contribution in [0.3, 0.4) is 0 Å². The maximum absolute atomic E-state index is 13.5. The lowest BCUT2D eigenvalue weighted by Gasteiger charge is -2.45. The van der Waals surface area contributed by atoms with E-state index in [-0.39, 0.29) is 17.7 Å². The fourth-order valence-electron chi connectivity index (χ4n) is 5.69. The quantitative estimate of drug-likeness (QED) is 0.766. The molecule has 2 aromatic heterocycles. The van der Waals surface area contributed by atoms with Crippen LogP contribution in [-0.2, 0) is 10.9 Å². The molecule has 0 bridgehead atoms. The number of nitrogens with zero attached hydrogens (tertiary/aromatic N) is 3. The number of alkyl halides is 3. The van der Waals surface area contributed by atoms with Crippen LogP contribution in [0, 0.1) is 17.8 Å². The predicted molar refractivity (Wildman–Crippen MR) is 108 cm³/mol. The number of aromatic nitrogens is 2. The zero-order valence-electron chi connectivity index (χ0n) is 17.4. The van der Waals surface area contributed by atoms with Crippen LogP contribution in [0.5, 0.6) is 0 Å². The summed E-state index contributed by atoms with van der Waals surface area (Å²) in [6, 6.07) is 2.21. The maximum Gasteiger partial charge on any atom is 0.418 e. The van der Waals surface area contributed by atoms with Gasteiger partial charge in [-0.1, -0.05) is 6.42 Å². The van der Waals surface area contributed by atoms with E-state index in [9.17, 15) is 18.0 Å².